The van der Waals surface area contributed by atoms with Crippen LogP contribution in [-0.2, 0) is 11.3 Å². The standard InChI is InChI=1S/C12H20N4O/c1-9(2)16(8-11-13-5-6-14-11)7-10-3-4-12(17)15-10/h5-6,9-10H,3-4,7-8H2,1-2H3,(H,13,14)(H,15,17)/t10-/m0/s1. The number of aromatic nitrogens is 2. The molecule has 1 atom stereocenters. The molecule has 1 aromatic rings. The summed E-state index contributed by atoms with van der Waals surface area (Å²) in [7, 11) is 0. The van der Waals surface area contributed by atoms with E-state index in [1.165, 1.54) is 0 Å². The van der Waals surface area contributed by atoms with Crippen LogP contribution in [0.2, 0.25) is 0 Å². The molecule has 1 aliphatic heterocycles. The fourth-order valence-electron chi connectivity index (χ4n) is 2.13. The van der Waals surface area contributed by atoms with Gasteiger partial charge in [0.15, 0.2) is 0 Å². The number of H-pyrrole nitrogens is 1. The molecule has 0 aliphatic carbocycles. The molecule has 5 nitrogen and oxygen atoms in total. The summed E-state index contributed by atoms with van der Waals surface area (Å²) < 4.78 is 0. The summed E-state index contributed by atoms with van der Waals surface area (Å²) in [6, 6.07) is 0.734. The molecule has 1 amide bonds. The van der Waals surface area contributed by atoms with Crippen LogP contribution in [0.4, 0.5) is 0 Å². The lowest BCUT2D eigenvalue weighted by Crippen LogP contribution is -2.41. The first-order valence-corrected chi connectivity index (χ1v) is 6.17. The molecular formula is C12H20N4O. The lowest BCUT2D eigenvalue weighted by Gasteiger charge is -2.28. The van der Waals surface area contributed by atoms with Gasteiger partial charge in [-0.3, -0.25) is 9.69 Å². The van der Waals surface area contributed by atoms with Crippen LogP contribution in [0.15, 0.2) is 12.4 Å². The van der Waals surface area contributed by atoms with Crippen LogP contribution >= 0.6 is 0 Å². The third-order valence-electron chi connectivity index (χ3n) is 3.18. The molecule has 2 N–H and O–H groups in total. The predicted molar refractivity (Wildman–Crippen MR) is 65.3 cm³/mol. The van der Waals surface area contributed by atoms with Gasteiger partial charge in [0.05, 0.1) is 6.54 Å². The smallest absolute Gasteiger partial charge is 0.220 e. The Labute approximate surface area is 102 Å². The summed E-state index contributed by atoms with van der Waals surface area (Å²) >= 11 is 0. The largest absolute Gasteiger partial charge is 0.352 e. The Morgan fingerprint density at radius 2 is 2.41 bits per heavy atom. The molecule has 0 aromatic carbocycles. The highest BCUT2D eigenvalue weighted by Crippen LogP contribution is 2.12. The Balaban J connectivity index is 1.91. The van der Waals surface area contributed by atoms with Crippen molar-refractivity contribution in [3.63, 3.8) is 0 Å². The molecular weight excluding hydrogens is 216 g/mol. The highest BCUT2D eigenvalue weighted by atomic mass is 16.1. The van der Waals surface area contributed by atoms with E-state index in [0.717, 1.165) is 25.3 Å². The lowest BCUT2D eigenvalue weighted by molar-refractivity contribution is -0.119. The summed E-state index contributed by atoms with van der Waals surface area (Å²) in [5, 5.41) is 3.01. The summed E-state index contributed by atoms with van der Waals surface area (Å²) in [6.45, 7) is 6.03. The van der Waals surface area contributed by atoms with Gasteiger partial charge in [-0.25, -0.2) is 4.98 Å². The Morgan fingerprint density at radius 3 is 2.94 bits per heavy atom. The van der Waals surface area contributed by atoms with E-state index in [2.05, 4.69) is 34.0 Å². The topological polar surface area (TPSA) is 61.0 Å². The number of imidazole rings is 1. The number of rotatable bonds is 5. The van der Waals surface area contributed by atoms with Crippen molar-refractivity contribution < 1.29 is 4.79 Å². The van der Waals surface area contributed by atoms with E-state index in [1.54, 1.807) is 6.20 Å². The van der Waals surface area contributed by atoms with E-state index in [0.29, 0.717) is 18.5 Å². The maximum absolute atomic E-state index is 11.2. The van der Waals surface area contributed by atoms with Gasteiger partial charge < -0.3 is 10.3 Å². The molecule has 1 saturated heterocycles. The Kier molecular flexibility index (Phi) is 3.78. The van der Waals surface area contributed by atoms with Crippen LogP contribution in [0.3, 0.4) is 0 Å². The summed E-state index contributed by atoms with van der Waals surface area (Å²) in [6.07, 6.45) is 5.22. The number of hydrogen-bond acceptors (Lipinski definition) is 3. The van der Waals surface area contributed by atoms with Gasteiger partial charge in [-0.2, -0.15) is 0 Å². The third kappa shape index (κ3) is 3.30. The van der Waals surface area contributed by atoms with Crippen molar-refractivity contribution in [2.24, 2.45) is 0 Å². The van der Waals surface area contributed by atoms with E-state index in [1.807, 2.05) is 6.20 Å². The van der Waals surface area contributed by atoms with Gasteiger partial charge in [-0.15, -0.1) is 0 Å². The van der Waals surface area contributed by atoms with Gasteiger partial charge in [-0.1, -0.05) is 0 Å². The SMILES string of the molecule is CC(C)N(Cc1ncc[nH]1)C[C@@H]1CCC(=O)N1. The fraction of sp³-hybridized carbons (Fsp3) is 0.667. The molecule has 0 spiro atoms. The second-order valence-corrected chi connectivity index (χ2v) is 4.86. The van der Waals surface area contributed by atoms with E-state index in [4.69, 9.17) is 0 Å². The van der Waals surface area contributed by atoms with Gasteiger partial charge in [0.25, 0.3) is 0 Å². The van der Waals surface area contributed by atoms with Crippen molar-refractivity contribution in [2.45, 2.75) is 45.3 Å². The molecule has 17 heavy (non-hydrogen) atoms. The van der Waals surface area contributed by atoms with Crippen LogP contribution in [-0.4, -0.2) is 39.4 Å². The fourth-order valence-corrected chi connectivity index (χ4v) is 2.13. The minimum Gasteiger partial charge on any atom is -0.352 e. The molecule has 0 bridgehead atoms. The first-order chi connectivity index (χ1) is 8.15. The highest BCUT2D eigenvalue weighted by molar-refractivity contribution is 5.78. The van der Waals surface area contributed by atoms with Crippen molar-refractivity contribution in [3.05, 3.63) is 18.2 Å². The Bertz CT molecular complexity index is 361. The first-order valence-electron chi connectivity index (χ1n) is 6.17. The number of aromatic amines is 1. The zero-order valence-corrected chi connectivity index (χ0v) is 10.4. The van der Waals surface area contributed by atoms with Crippen molar-refractivity contribution in [1.29, 1.82) is 0 Å². The van der Waals surface area contributed by atoms with Gasteiger partial charge in [-0.05, 0) is 20.3 Å². The van der Waals surface area contributed by atoms with E-state index in [9.17, 15) is 4.79 Å². The zero-order valence-electron chi connectivity index (χ0n) is 10.4. The second kappa shape index (κ2) is 5.31. The van der Waals surface area contributed by atoms with E-state index in [-0.39, 0.29) is 5.91 Å². The van der Waals surface area contributed by atoms with Crippen molar-refractivity contribution in [1.82, 2.24) is 20.2 Å². The molecule has 94 valence electrons. The van der Waals surface area contributed by atoms with Crippen molar-refractivity contribution in [2.75, 3.05) is 6.54 Å². The normalized spacial score (nSPS) is 20.2. The lowest BCUT2D eigenvalue weighted by atomic mass is 10.2. The van der Waals surface area contributed by atoms with Crippen molar-refractivity contribution in [3.8, 4) is 0 Å². The molecule has 0 unspecified atom stereocenters. The monoisotopic (exact) mass is 236 g/mol. The summed E-state index contributed by atoms with van der Waals surface area (Å²) in [5.41, 5.74) is 0. The van der Waals surface area contributed by atoms with Gasteiger partial charge in [0.1, 0.15) is 5.82 Å². The quantitative estimate of drug-likeness (QED) is 0.798. The average Bonchev–Trinajstić information content (AvgIpc) is 2.89. The average molecular weight is 236 g/mol. The van der Waals surface area contributed by atoms with Crippen LogP contribution in [0.25, 0.3) is 0 Å². The van der Waals surface area contributed by atoms with Gasteiger partial charge in [0.2, 0.25) is 5.91 Å². The maximum Gasteiger partial charge on any atom is 0.220 e. The number of amides is 1. The Hall–Kier alpha value is -1.36. The molecule has 1 aliphatic rings. The second-order valence-electron chi connectivity index (χ2n) is 4.86. The summed E-state index contributed by atoms with van der Waals surface area (Å²) in [5.74, 6) is 1.15. The minimum atomic E-state index is 0.178. The maximum atomic E-state index is 11.2. The zero-order chi connectivity index (χ0) is 12.3. The number of carbonyl (C=O) groups excluding carboxylic acids is 1. The first kappa shape index (κ1) is 12.1. The number of nitrogens with zero attached hydrogens (tertiary/aromatic N) is 2. The molecule has 2 rings (SSSR count). The van der Waals surface area contributed by atoms with Crippen LogP contribution in [0.5, 0.6) is 0 Å². The summed E-state index contributed by atoms with van der Waals surface area (Å²) in [4.78, 5) is 20.9. The van der Waals surface area contributed by atoms with E-state index >= 15 is 0 Å². The number of hydrogen-bond donors (Lipinski definition) is 2. The van der Waals surface area contributed by atoms with E-state index < -0.39 is 0 Å². The van der Waals surface area contributed by atoms with Crippen LogP contribution < -0.4 is 5.32 Å². The molecule has 2 heterocycles. The minimum absolute atomic E-state index is 0.178. The molecule has 0 saturated carbocycles. The molecule has 5 heteroatoms. The number of carbonyl (C=O) groups is 1. The number of nitrogens with one attached hydrogen (secondary N) is 2. The van der Waals surface area contributed by atoms with Crippen LogP contribution in [0, 0.1) is 0 Å². The van der Waals surface area contributed by atoms with Crippen molar-refractivity contribution >= 4 is 5.91 Å². The highest BCUT2D eigenvalue weighted by Gasteiger charge is 2.24. The van der Waals surface area contributed by atoms with Gasteiger partial charge >= 0.3 is 0 Å². The predicted octanol–water partition coefficient (Wildman–Crippen LogP) is 0.899. The molecule has 0 radical (unpaired) electrons. The molecule has 1 aromatic heterocycles. The Morgan fingerprint density at radius 1 is 1.59 bits per heavy atom. The molecule has 1 fully saturated rings. The third-order valence-corrected chi connectivity index (χ3v) is 3.18. The van der Waals surface area contributed by atoms with Crippen LogP contribution in [0.1, 0.15) is 32.5 Å². The van der Waals surface area contributed by atoms with Gasteiger partial charge in [0, 0.05) is 37.4 Å².